The molecular formula is C16H27ClN2O. The number of halogens is 1. The largest absolute Gasteiger partial charge is 0.494 e. The van der Waals surface area contributed by atoms with Gasteiger partial charge in [-0.05, 0) is 51.3 Å². The van der Waals surface area contributed by atoms with Crippen molar-refractivity contribution < 1.29 is 4.74 Å². The highest BCUT2D eigenvalue weighted by molar-refractivity contribution is 5.85. The van der Waals surface area contributed by atoms with Gasteiger partial charge in [-0.15, -0.1) is 12.4 Å². The molecule has 1 aliphatic rings. The molecular weight excluding hydrogens is 272 g/mol. The third-order valence-corrected chi connectivity index (χ3v) is 3.84. The average Bonchev–Trinajstić information content (AvgIpc) is 2.42. The van der Waals surface area contributed by atoms with Gasteiger partial charge in [0.2, 0.25) is 0 Å². The Morgan fingerprint density at radius 1 is 1.35 bits per heavy atom. The van der Waals surface area contributed by atoms with Crippen LogP contribution in [-0.2, 0) is 6.54 Å². The number of likely N-dealkylation sites (tertiary alicyclic amines) is 1. The molecule has 1 aliphatic heterocycles. The van der Waals surface area contributed by atoms with Gasteiger partial charge in [0.1, 0.15) is 5.75 Å². The molecule has 0 spiro atoms. The lowest BCUT2D eigenvalue weighted by Crippen LogP contribution is -2.35. The zero-order valence-corrected chi connectivity index (χ0v) is 13.2. The number of piperidine rings is 1. The highest BCUT2D eigenvalue weighted by Gasteiger charge is 2.20. The Morgan fingerprint density at radius 3 is 2.90 bits per heavy atom. The summed E-state index contributed by atoms with van der Waals surface area (Å²) in [5.41, 5.74) is 6.99. The first kappa shape index (κ1) is 17.3. The van der Waals surface area contributed by atoms with Crippen molar-refractivity contribution in [2.75, 3.05) is 26.2 Å². The summed E-state index contributed by atoms with van der Waals surface area (Å²) in [5, 5.41) is 0. The number of nitrogens with two attached hydrogens (primary N) is 1. The van der Waals surface area contributed by atoms with Gasteiger partial charge in [-0.2, -0.15) is 0 Å². The Labute approximate surface area is 128 Å². The van der Waals surface area contributed by atoms with Crippen molar-refractivity contribution in [3.63, 3.8) is 0 Å². The van der Waals surface area contributed by atoms with E-state index in [0.29, 0.717) is 0 Å². The fourth-order valence-corrected chi connectivity index (χ4v) is 2.94. The number of nitrogens with zero attached hydrogens (tertiary/aromatic N) is 1. The number of ether oxygens (including phenoxy) is 1. The molecule has 1 aromatic carbocycles. The van der Waals surface area contributed by atoms with Crippen molar-refractivity contribution >= 4 is 12.4 Å². The second-order valence-corrected chi connectivity index (χ2v) is 5.36. The summed E-state index contributed by atoms with van der Waals surface area (Å²) < 4.78 is 5.71. The minimum absolute atomic E-state index is 0. The Hall–Kier alpha value is -0.770. The Balaban J connectivity index is 0.00000200. The molecule has 0 saturated carbocycles. The standard InChI is InChI=1S/C16H26N2O.ClH/c1-2-19-16-8-4-3-7-15(16)13-18-11-5-6-14(12-18)9-10-17;/h3-4,7-8,14H,2,5-6,9-13,17H2,1H3;1H. The SMILES string of the molecule is CCOc1ccccc1CN1CCCC(CCN)C1.Cl. The lowest BCUT2D eigenvalue weighted by molar-refractivity contribution is 0.161. The molecule has 0 radical (unpaired) electrons. The van der Waals surface area contributed by atoms with Crippen LogP contribution in [0.15, 0.2) is 24.3 Å². The van der Waals surface area contributed by atoms with E-state index in [1.807, 2.05) is 13.0 Å². The lowest BCUT2D eigenvalue weighted by atomic mass is 9.94. The topological polar surface area (TPSA) is 38.5 Å². The molecule has 20 heavy (non-hydrogen) atoms. The van der Waals surface area contributed by atoms with Gasteiger partial charge in [0.25, 0.3) is 0 Å². The molecule has 1 heterocycles. The van der Waals surface area contributed by atoms with E-state index < -0.39 is 0 Å². The van der Waals surface area contributed by atoms with E-state index in [2.05, 4.69) is 23.1 Å². The highest BCUT2D eigenvalue weighted by Crippen LogP contribution is 2.24. The van der Waals surface area contributed by atoms with Gasteiger partial charge in [-0.25, -0.2) is 0 Å². The number of hydrogen-bond donors (Lipinski definition) is 1. The first-order valence-electron chi connectivity index (χ1n) is 7.46. The van der Waals surface area contributed by atoms with Crippen molar-refractivity contribution in [1.82, 2.24) is 4.90 Å². The second kappa shape index (κ2) is 9.22. The molecule has 3 nitrogen and oxygen atoms in total. The molecule has 2 rings (SSSR count). The molecule has 0 aromatic heterocycles. The van der Waals surface area contributed by atoms with Gasteiger partial charge in [0, 0.05) is 18.7 Å². The van der Waals surface area contributed by atoms with E-state index in [9.17, 15) is 0 Å². The van der Waals surface area contributed by atoms with Gasteiger partial charge >= 0.3 is 0 Å². The van der Waals surface area contributed by atoms with E-state index >= 15 is 0 Å². The summed E-state index contributed by atoms with van der Waals surface area (Å²) in [4.78, 5) is 2.54. The van der Waals surface area contributed by atoms with Crippen LogP contribution in [-0.4, -0.2) is 31.1 Å². The van der Waals surface area contributed by atoms with Crippen LogP contribution in [0.2, 0.25) is 0 Å². The fourth-order valence-electron chi connectivity index (χ4n) is 2.94. The summed E-state index contributed by atoms with van der Waals surface area (Å²) >= 11 is 0. The van der Waals surface area contributed by atoms with Gasteiger partial charge in [-0.1, -0.05) is 18.2 Å². The predicted molar refractivity (Wildman–Crippen MR) is 86.5 cm³/mol. The Morgan fingerprint density at radius 2 is 2.15 bits per heavy atom. The molecule has 1 fully saturated rings. The normalized spacial score (nSPS) is 19.4. The second-order valence-electron chi connectivity index (χ2n) is 5.36. The molecule has 114 valence electrons. The first-order valence-corrected chi connectivity index (χ1v) is 7.46. The minimum Gasteiger partial charge on any atom is -0.494 e. The molecule has 2 N–H and O–H groups in total. The zero-order valence-electron chi connectivity index (χ0n) is 12.4. The van der Waals surface area contributed by atoms with Crippen LogP contribution < -0.4 is 10.5 Å². The maximum absolute atomic E-state index is 5.71. The number of hydrogen-bond acceptors (Lipinski definition) is 3. The summed E-state index contributed by atoms with van der Waals surface area (Å²) in [6.07, 6.45) is 3.78. The van der Waals surface area contributed by atoms with E-state index in [1.165, 1.54) is 31.5 Å². The number of benzene rings is 1. The predicted octanol–water partition coefficient (Wildman–Crippen LogP) is 3.07. The van der Waals surface area contributed by atoms with E-state index in [4.69, 9.17) is 10.5 Å². The summed E-state index contributed by atoms with van der Waals surface area (Å²) in [7, 11) is 0. The van der Waals surface area contributed by atoms with Crippen molar-refractivity contribution in [3.8, 4) is 5.75 Å². The minimum atomic E-state index is 0. The monoisotopic (exact) mass is 298 g/mol. The van der Waals surface area contributed by atoms with Crippen molar-refractivity contribution in [2.45, 2.75) is 32.7 Å². The van der Waals surface area contributed by atoms with E-state index in [1.54, 1.807) is 0 Å². The summed E-state index contributed by atoms with van der Waals surface area (Å²) in [6.45, 7) is 6.95. The van der Waals surface area contributed by atoms with Gasteiger partial charge in [-0.3, -0.25) is 4.90 Å². The Bertz CT molecular complexity index is 384. The molecule has 4 heteroatoms. The summed E-state index contributed by atoms with van der Waals surface area (Å²) in [6, 6.07) is 8.39. The van der Waals surface area contributed by atoms with Crippen LogP contribution in [0.1, 0.15) is 31.7 Å². The maximum Gasteiger partial charge on any atom is 0.123 e. The van der Waals surface area contributed by atoms with Gasteiger partial charge < -0.3 is 10.5 Å². The molecule has 1 saturated heterocycles. The van der Waals surface area contributed by atoms with Gasteiger partial charge in [0.15, 0.2) is 0 Å². The Kier molecular flexibility index (Phi) is 7.97. The fraction of sp³-hybridized carbons (Fsp3) is 0.625. The molecule has 0 aliphatic carbocycles. The molecule has 1 atom stereocenters. The molecule has 0 bridgehead atoms. The lowest BCUT2D eigenvalue weighted by Gasteiger charge is -2.33. The number of rotatable bonds is 6. The average molecular weight is 299 g/mol. The van der Waals surface area contributed by atoms with E-state index in [0.717, 1.165) is 37.8 Å². The van der Waals surface area contributed by atoms with Crippen LogP contribution >= 0.6 is 12.4 Å². The molecule has 1 aromatic rings. The highest BCUT2D eigenvalue weighted by atomic mass is 35.5. The first-order chi connectivity index (χ1) is 9.33. The van der Waals surface area contributed by atoms with Crippen LogP contribution in [0.5, 0.6) is 5.75 Å². The maximum atomic E-state index is 5.71. The van der Waals surface area contributed by atoms with Crippen LogP contribution in [0.25, 0.3) is 0 Å². The van der Waals surface area contributed by atoms with Crippen molar-refractivity contribution in [2.24, 2.45) is 11.7 Å². The summed E-state index contributed by atoms with van der Waals surface area (Å²) in [5.74, 6) is 1.81. The van der Waals surface area contributed by atoms with E-state index in [-0.39, 0.29) is 12.4 Å². The molecule has 0 amide bonds. The quantitative estimate of drug-likeness (QED) is 0.877. The van der Waals surface area contributed by atoms with Crippen LogP contribution in [0.3, 0.4) is 0 Å². The van der Waals surface area contributed by atoms with Crippen LogP contribution in [0.4, 0.5) is 0 Å². The van der Waals surface area contributed by atoms with Gasteiger partial charge in [0.05, 0.1) is 6.61 Å². The zero-order chi connectivity index (χ0) is 13.5. The molecule has 1 unspecified atom stereocenters. The van der Waals surface area contributed by atoms with Crippen molar-refractivity contribution in [3.05, 3.63) is 29.8 Å². The van der Waals surface area contributed by atoms with Crippen LogP contribution in [0, 0.1) is 5.92 Å². The van der Waals surface area contributed by atoms with Crippen molar-refractivity contribution in [1.29, 1.82) is 0 Å². The third-order valence-electron chi connectivity index (χ3n) is 3.84. The third kappa shape index (κ3) is 4.97. The number of para-hydroxylation sites is 1. The smallest absolute Gasteiger partial charge is 0.123 e.